The van der Waals surface area contributed by atoms with Gasteiger partial charge in [0.1, 0.15) is 11.4 Å². The smallest absolute Gasteiger partial charge is 0.224 e. The highest BCUT2D eigenvalue weighted by atomic mass is 16.5. The number of ether oxygens (including phenoxy) is 3. The summed E-state index contributed by atoms with van der Waals surface area (Å²) in [4.78, 5) is 21.6. The lowest BCUT2D eigenvalue weighted by Crippen LogP contribution is -2.37. The first kappa shape index (κ1) is 20.1. The van der Waals surface area contributed by atoms with E-state index in [-0.39, 0.29) is 6.10 Å². The lowest BCUT2D eigenvalue weighted by molar-refractivity contribution is -0.0530. The van der Waals surface area contributed by atoms with Gasteiger partial charge in [-0.15, -0.1) is 0 Å². The van der Waals surface area contributed by atoms with Crippen LogP contribution in [0.3, 0.4) is 0 Å². The molecule has 2 aliphatic rings. The van der Waals surface area contributed by atoms with E-state index < -0.39 is 5.60 Å². The number of imidazole rings is 1. The predicted molar refractivity (Wildman–Crippen MR) is 116 cm³/mol. The van der Waals surface area contributed by atoms with E-state index in [1.807, 2.05) is 39.8 Å². The van der Waals surface area contributed by atoms with E-state index in [0.29, 0.717) is 38.1 Å². The standard InChI is InChI=1S/C22H28N6O3/c1-14(2)31-20-15(6-5-7-23-20)17-25-18(27-8-11-29-12-9-27)16-19(26-17)28-10-13-30-22(3,4)21(28)24-16/h5-7,14H,8-13H2,1-4H3. The van der Waals surface area contributed by atoms with E-state index in [1.165, 1.54) is 0 Å². The molecule has 0 bridgehead atoms. The van der Waals surface area contributed by atoms with Crippen molar-refractivity contribution in [2.24, 2.45) is 0 Å². The van der Waals surface area contributed by atoms with Crippen molar-refractivity contribution in [2.45, 2.75) is 45.9 Å². The molecule has 0 spiro atoms. The van der Waals surface area contributed by atoms with Crippen molar-refractivity contribution in [3.8, 4) is 17.3 Å². The zero-order valence-electron chi connectivity index (χ0n) is 18.5. The molecule has 0 unspecified atom stereocenters. The normalized spacial score (nSPS) is 18.4. The fraction of sp³-hybridized carbons (Fsp3) is 0.545. The highest BCUT2D eigenvalue weighted by molar-refractivity contribution is 5.87. The van der Waals surface area contributed by atoms with Crippen LogP contribution in [0.25, 0.3) is 22.6 Å². The Kier molecular flexibility index (Phi) is 5.02. The molecular formula is C22H28N6O3. The number of aromatic nitrogens is 5. The fourth-order valence-electron chi connectivity index (χ4n) is 4.11. The minimum Gasteiger partial charge on any atom is -0.474 e. The lowest BCUT2D eigenvalue weighted by atomic mass is 10.1. The fourth-order valence-corrected chi connectivity index (χ4v) is 4.11. The summed E-state index contributed by atoms with van der Waals surface area (Å²) in [6, 6.07) is 3.84. The maximum Gasteiger partial charge on any atom is 0.224 e. The molecule has 9 heteroatoms. The Hall–Kier alpha value is -2.78. The quantitative estimate of drug-likeness (QED) is 0.632. The number of morpholine rings is 1. The van der Waals surface area contributed by atoms with E-state index >= 15 is 0 Å². The summed E-state index contributed by atoms with van der Waals surface area (Å²) < 4.78 is 19.7. The second kappa shape index (κ2) is 7.72. The Morgan fingerprint density at radius 2 is 1.87 bits per heavy atom. The van der Waals surface area contributed by atoms with Crippen molar-refractivity contribution < 1.29 is 14.2 Å². The minimum absolute atomic E-state index is 0.00299. The molecule has 1 fully saturated rings. The van der Waals surface area contributed by atoms with Gasteiger partial charge in [-0.2, -0.15) is 0 Å². The summed E-state index contributed by atoms with van der Waals surface area (Å²) in [5.41, 5.74) is 1.91. The van der Waals surface area contributed by atoms with E-state index in [1.54, 1.807) is 6.20 Å². The molecule has 0 atom stereocenters. The van der Waals surface area contributed by atoms with E-state index in [2.05, 4.69) is 14.5 Å². The van der Waals surface area contributed by atoms with Gasteiger partial charge in [0, 0.05) is 25.8 Å². The van der Waals surface area contributed by atoms with E-state index in [9.17, 15) is 0 Å². The molecule has 0 aliphatic carbocycles. The van der Waals surface area contributed by atoms with Gasteiger partial charge in [-0.25, -0.2) is 19.9 Å². The second-order valence-corrected chi connectivity index (χ2v) is 8.61. The Bertz CT molecular complexity index is 1100. The molecule has 5 heterocycles. The summed E-state index contributed by atoms with van der Waals surface area (Å²) in [5.74, 6) is 2.82. The first-order valence-corrected chi connectivity index (χ1v) is 10.8. The van der Waals surface area contributed by atoms with Gasteiger partial charge in [-0.3, -0.25) is 0 Å². The summed E-state index contributed by atoms with van der Waals surface area (Å²) in [6.07, 6.45) is 1.72. The second-order valence-electron chi connectivity index (χ2n) is 8.61. The average Bonchev–Trinajstić information content (AvgIpc) is 3.14. The van der Waals surface area contributed by atoms with Crippen LogP contribution in [0.1, 0.15) is 33.5 Å². The Labute approximate surface area is 181 Å². The van der Waals surface area contributed by atoms with Crippen molar-refractivity contribution in [3.05, 3.63) is 24.2 Å². The predicted octanol–water partition coefficient (Wildman–Crippen LogP) is 2.78. The SMILES string of the molecule is CC(C)Oc1ncccc1-c1nc(N2CCOCC2)c2nc3n(c2n1)CCOC3(C)C. The maximum absolute atomic E-state index is 5.99. The van der Waals surface area contributed by atoms with Gasteiger partial charge in [0.25, 0.3) is 0 Å². The van der Waals surface area contributed by atoms with Crippen LogP contribution < -0.4 is 9.64 Å². The first-order valence-electron chi connectivity index (χ1n) is 10.8. The molecule has 3 aromatic heterocycles. The van der Waals surface area contributed by atoms with E-state index in [0.717, 1.165) is 41.5 Å². The molecule has 0 saturated carbocycles. The van der Waals surface area contributed by atoms with Crippen molar-refractivity contribution in [1.29, 1.82) is 0 Å². The van der Waals surface area contributed by atoms with Gasteiger partial charge in [-0.1, -0.05) is 0 Å². The highest BCUT2D eigenvalue weighted by Gasteiger charge is 2.34. The van der Waals surface area contributed by atoms with Gasteiger partial charge in [0.2, 0.25) is 5.88 Å². The molecule has 0 N–H and O–H groups in total. The number of anilines is 1. The van der Waals surface area contributed by atoms with Crippen LogP contribution in [0.15, 0.2) is 18.3 Å². The van der Waals surface area contributed by atoms with Gasteiger partial charge >= 0.3 is 0 Å². The van der Waals surface area contributed by atoms with Gasteiger partial charge in [0.05, 0.1) is 31.5 Å². The Morgan fingerprint density at radius 1 is 1.06 bits per heavy atom. The Balaban J connectivity index is 1.74. The Morgan fingerprint density at radius 3 is 2.65 bits per heavy atom. The zero-order valence-corrected chi connectivity index (χ0v) is 18.5. The molecule has 164 valence electrons. The summed E-state index contributed by atoms with van der Waals surface area (Å²) in [7, 11) is 0. The third kappa shape index (κ3) is 3.61. The summed E-state index contributed by atoms with van der Waals surface area (Å²) in [6.45, 7) is 12.2. The third-order valence-electron chi connectivity index (χ3n) is 5.56. The molecule has 31 heavy (non-hydrogen) atoms. The van der Waals surface area contributed by atoms with Crippen LogP contribution in [0.4, 0.5) is 5.82 Å². The zero-order chi connectivity index (χ0) is 21.6. The van der Waals surface area contributed by atoms with Crippen LogP contribution in [-0.4, -0.2) is 63.5 Å². The van der Waals surface area contributed by atoms with Crippen LogP contribution >= 0.6 is 0 Å². The van der Waals surface area contributed by atoms with Crippen molar-refractivity contribution in [1.82, 2.24) is 24.5 Å². The number of pyridine rings is 1. The van der Waals surface area contributed by atoms with Crippen LogP contribution in [0.5, 0.6) is 5.88 Å². The lowest BCUT2D eigenvalue weighted by Gasteiger charge is -2.30. The van der Waals surface area contributed by atoms with E-state index in [4.69, 9.17) is 29.2 Å². The maximum atomic E-state index is 5.99. The highest BCUT2D eigenvalue weighted by Crippen LogP contribution is 2.36. The van der Waals surface area contributed by atoms with Gasteiger partial charge < -0.3 is 23.7 Å². The van der Waals surface area contributed by atoms with Gasteiger partial charge in [-0.05, 0) is 39.8 Å². The van der Waals surface area contributed by atoms with Crippen molar-refractivity contribution in [2.75, 3.05) is 37.8 Å². The molecule has 2 aliphatic heterocycles. The number of fused-ring (bicyclic) bond motifs is 3. The number of rotatable bonds is 4. The summed E-state index contributed by atoms with van der Waals surface area (Å²) >= 11 is 0. The van der Waals surface area contributed by atoms with Crippen LogP contribution in [0, 0.1) is 0 Å². The van der Waals surface area contributed by atoms with Crippen LogP contribution in [-0.2, 0) is 21.6 Å². The monoisotopic (exact) mass is 424 g/mol. The molecule has 9 nitrogen and oxygen atoms in total. The molecule has 0 amide bonds. The third-order valence-corrected chi connectivity index (χ3v) is 5.56. The number of nitrogens with zero attached hydrogens (tertiary/aromatic N) is 6. The molecule has 5 rings (SSSR count). The topological polar surface area (TPSA) is 87.4 Å². The average molecular weight is 425 g/mol. The molecule has 1 saturated heterocycles. The molecule has 0 aromatic carbocycles. The number of hydrogen-bond donors (Lipinski definition) is 0. The molecular weight excluding hydrogens is 396 g/mol. The largest absolute Gasteiger partial charge is 0.474 e. The van der Waals surface area contributed by atoms with Crippen molar-refractivity contribution in [3.63, 3.8) is 0 Å². The molecule has 0 radical (unpaired) electrons. The van der Waals surface area contributed by atoms with Crippen molar-refractivity contribution >= 4 is 17.0 Å². The molecule has 3 aromatic rings. The summed E-state index contributed by atoms with van der Waals surface area (Å²) in [5, 5.41) is 0. The van der Waals surface area contributed by atoms with Crippen LogP contribution in [0.2, 0.25) is 0 Å². The van der Waals surface area contributed by atoms with Gasteiger partial charge in [0.15, 0.2) is 22.8 Å². The minimum atomic E-state index is -0.485. The first-order chi connectivity index (χ1) is 14.9. The number of hydrogen-bond acceptors (Lipinski definition) is 8.